The Balaban J connectivity index is 1.69. The van der Waals surface area contributed by atoms with E-state index in [-0.39, 0.29) is 11.5 Å². The lowest BCUT2D eigenvalue weighted by Crippen LogP contribution is -2.26. The maximum absolute atomic E-state index is 13.0. The Morgan fingerprint density at radius 1 is 1.03 bits per heavy atom. The molecule has 0 saturated heterocycles. The van der Waals surface area contributed by atoms with Crippen molar-refractivity contribution in [1.82, 2.24) is 9.55 Å². The molecule has 1 aliphatic heterocycles. The van der Waals surface area contributed by atoms with Gasteiger partial charge < -0.3 is 14.8 Å². The Hall–Kier alpha value is -3.35. The van der Waals surface area contributed by atoms with Crippen molar-refractivity contribution in [2.75, 3.05) is 19.5 Å². The highest BCUT2D eigenvalue weighted by atomic mass is 16.5. The van der Waals surface area contributed by atoms with Crippen LogP contribution in [-0.4, -0.2) is 29.7 Å². The van der Waals surface area contributed by atoms with Crippen LogP contribution in [0.5, 0.6) is 11.5 Å². The van der Waals surface area contributed by atoms with Crippen LogP contribution < -0.4 is 20.3 Å². The molecule has 0 aliphatic carbocycles. The number of nitrogens with zero attached hydrogens (tertiary/aromatic N) is 2. The molecule has 0 fully saturated rings. The summed E-state index contributed by atoms with van der Waals surface area (Å²) in [6, 6.07) is 10.2. The topological polar surface area (TPSA) is 82.5 Å². The van der Waals surface area contributed by atoms with Crippen molar-refractivity contribution in [3.8, 4) is 11.5 Å². The summed E-state index contributed by atoms with van der Waals surface area (Å²) in [5.41, 5.74) is 1.46. The predicted octanol–water partition coefficient (Wildman–Crippen LogP) is 3.78. The number of ether oxygens (including phenoxy) is 2. The van der Waals surface area contributed by atoms with E-state index in [1.165, 1.54) is 0 Å². The van der Waals surface area contributed by atoms with E-state index in [2.05, 4.69) is 5.32 Å². The third-order valence-electron chi connectivity index (χ3n) is 5.48. The Morgan fingerprint density at radius 2 is 1.87 bits per heavy atom. The number of benzene rings is 2. The van der Waals surface area contributed by atoms with Crippen LogP contribution in [0.3, 0.4) is 0 Å². The fraction of sp³-hybridized carbons (Fsp3) is 0.348. The quantitative estimate of drug-likeness (QED) is 0.712. The van der Waals surface area contributed by atoms with E-state index in [1.54, 1.807) is 55.2 Å². The van der Waals surface area contributed by atoms with Crippen LogP contribution in [0.4, 0.5) is 5.69 Å². The second kappa shape index (κ2) is 8.57. The fourth-order valence-electron chi connectivity index (χ4n) is 3.84. The van der Waals surface area contributed by atoms with Crippen molar-refractivity contribution < 1.29 is 14.3 Å². The molecule has 1 aliphatic rings. The molecule has 7 heteroatoms. The average Bonchev–Trinajstić information content (AvgIpc) is 2.74. The molecule has 0 spiro atoms. The third-order valence-corrected chi connectivity index (χ3v) is 5.48. The number of fused-ring (bicyclic) bond motifs is 2. The van der Waals surface area contributed by atoms with Gasteiger partial charge in [-0.1, -0.05) is 12.8 Å². The molecule has 4 rings (SSSR count). The van der Waals surface area contributed by atoms with E-state index in [1.807, 2.05) is 0 Å². The SMILES string of the molecule is COc1ccc(OC)c(NC(=O)c2ccc3c(=O)n4c(nc3c2)CCCCCC4)c1. The number of hydrogen-bond donors (Lipinski definition) is 1. The highest BCUT2D eigenvalue weighted by Crippen LogP contribution is 2.29. The van der Waals surface area contributed by atoms with Crippen LogP contribution in [0.1, 0.15) is 41.9 Å². The van der Waals surface area contributed by atoms with Crippen LogP contribution in [0.25, 0.3) is 10.9 Å². The van der Waals surface area contributed by atoms with Gasteiger partial charge in [-0.05, 0) is 43.2 Å². The number of aromatic nitrogens is 2. The van der Waals surface area contributed by atoms with Gasteiger partial charge in [0.2, 0.25) is 0 Å². The minimum absolute atomic E-state index is 0.0293. The lowest BCUT2D eigenvalue weighted by molar-refractivity contribution is 0.102. The van der Waals surface area contributed by atoms with Gasteiger partial charge in [0, 0.05) is 24.6 Å². The minimum Gasteiger partial charge on any atom is -0.497 e. The van der Waals surface area contributed by atoms with Gasteiger partial charge >= 0.3 is 0 Å². The summed E-state index contributed by atoms with van der Waals surface area (Å²) in [6.07, 6.45) is 5.08. The minimum atomic E-state index is -0.308. The van der Waals surface area contributed by atoms with E-state index < -0.39 is 0 Å². The first-order valence-electron chi connectivity index (χ1n) is 10.2. The largest absolute Gasteiger partial charge is 0.497 e. The second-order valence-corrected chi connectivity index (χ2v) is 7.40. The first kappa shape index (κ1) is 19.9. The fourth-order valence-corrected chi connectivity index (χ4v) is 3.84. The van der Waals surface area contributed by atoms with Gasteiger partial charge in [0.15, 0.2) is 0 Å². The highest BCUT2D eigenvalue weighted by molar-refractivity contribution is 6.06. The van der Waals surface area contributed by atoms with Crippen molar-refractivity contribution in [2.24, 2.45) is 0 Å². The zero-order valence-corrected chi connectivity index (χ0v) is 17.2. The van der Waals surface area contributed by atoms with Crippen LogP contribution >= 0.6 is 0 Å². The van der Waals surface area contributed by atoms with Crippen molar-refractivity contribution in [3.63, 3.8) is 0 Å². The number of nitrogens with one attached hydrogen (secondary N) is 1. The normalized spacial score (nSPS) is 13.8. The zero-order chi connectivity index (χ0) is 21.1. The standard InChI is InChI=1S/C23H25N3O4/c1-29-16-9-11-20(30-2)19(14-16)25-22(27)15-8-10-17-18(13-15)24-21-7-5-3-4-6-12-26(21)23(17)28/h8-11,13-14H,3-7,12H2,1-2H3,(H,25,27). The maximum Gasteiger partial charge on any atom is 0.261 e. The Kier molecular flexibility index (Phi) is 5.70. The van der Waals surface area contributed by atoms with Crippen molar-refractivity contribution in [1.29, 1.82) is 0 Å². The van der Waals surface area contributed by atoms with E-state index in [9.17, 15) is 9.59 Å². The van der Waals surface area contributed by atoms with E-state index in [0.29, 0.717) is 40.2 Å². The molecule has 2 heterocycles. The van der Waals surface area contributed by atoms with Gasteiger partial charge in [0.1, 0.15) is 17.3 Å². The average molecular weight is 407 g/mol. The number of carbonyl (C=O) groups excluding carboxylic acids is 1. The van der Waals surface area contributed by atoms with Crippen LogP contribution in [0.2, 0.25) is 0 Å². The molecule has 7 nitrogen and oxygen atoms in total. The molecule has 1 amide bonds. The first-order chi connectivity index (χ1) is 14.6. The predicted molar refractivity (Wildman–Crippen MR) is 116 cm³/mol. The number of aryl methyl sites for hydroxylation is 1. The molecular formula is C23H25N3O4. The first-order valence-corrected chi connectivity index (χ1v) is 10.2. The maximum atomic E-state index is 13.0. The molecule has 1 N–H and O–H groups in total. The monoisotopic (exact) mass is 407 g/mol. The molecule has 3 aromatic rings. The molecule has 0 saturated carbocycles. The summed E-state index contributed by atoms with van der Waals surface area (Å²) in [7, 11) is 3.10. The van der Waals surface area contributed by atoms with Crippen molar-refractivity contribution >= 4 is 22.5 Å². The van der Waals surface area contributed by atoms with Crippen molar-refractivity contribution in [3.05, 3.63) is 58.1 Å². The van der Waals surface area contributed by atoms with Gasteiger partial charge in [0.25, 0.3) is 11.5 Å². The number of anilines is 1. The summed E-state index contributed by atoms with van der Waals surface area (Å²) >= 11 is 0. The van der Waals surface area contributed by atoms with E-state index in [4.69, 9.17) is 14.5 Å². The van der Waals surface area contributed by atoms with E-state index >= 15 is 0 Å². The molecule has 0 radical (unpaired) electrons. The summed E-state index contributed by atoms with van der Waals surface area (Å²) < 4.78 is 12.3. The molecule has 0 atom stereocenters. The zero-order valence-electron chi connectivity index (χ0n) is 17.2. The smallest absolute Gasteiger partial charge is 0.261 e. The van der Waals surface area contributed by atoms with Crippen LogP contribution in [-0.2, 0) is 13.0 Å². The lowest BCUT2D eigenvalue weighted by Gasteiger charge is -2.16. The Bertz CT molecular complexity index is 1150. The molecule has 0 unspecified atom stereocenters. The number of carbonyl (C=O) groups is 1. The number of hydrogen-bond acceptors (Lipinski definition) is 5. The van der Waals surface area contributed by atoms with Crippen LogP contribution in [0.15, 0.2) is 41.2 Å². The van der Waals surface area contributed by atoms with Crippen LogP contribution in [0, 0.1) is 0 Å². The molecular weight excluding hydrogens is 382 g/mol. The summed E-state index contributed by atoms with van der Waals surface area (Å²) in [5.74, 6) is 1.64. The molecule has 30 heavy (non-hydrogen) atoms. The number of rotatable bonds is 4. The molecule has 1 aromatic heterocycles. The summed E-state index contributed by atoms with van der Waals surface area (Å²) in [6.45, 7) is 0.703. The van der Waals surface area contributed by atoms with Gasteiger partial charge in [-0.25, -0.2) is 4.98 Å². The lowest BCUT2D eigenvalue weighted by atomic mass is 10.1. The van der Waals surface area contributed by atoms with Crippen molar-refractivity contribution in [2.45, 2.75) is 38.6 Å². The van der Waals surface area contributed by atoms with Gasteiger partial charge in [-0.3, -0.25) is 14.2 Å². The molecule has 2 aromatic carbocycles. The Labute approximate surface area is 174 Å². The number of methoxy groups -OCH3 is 2. The Morgan fingerprint density at radius 3 is 2.67 bits per heavy atom. The molecule has 156 valence electrons. The van der Waals surface area contributed by atoms with E-state index in [0.717, 1.165) is 37.9 Å². The van der Waals surface area contributed by atoms with Gasteiger partial charge in [0.05, 0.1) is 30.8 Å². The third kappa shape index (κ3) is 3.87. The highest BCUT2D eigenvalue weighted by Gasteiger charge is 2.16. The number of amides is 1. The van der Waals surface area contributed by atoms with Gasteiger partial charge in [-0.15, -0.1) is 0 Å². The summed E-state index contributed by atoms with van der Waals surface area (Å²) in [4.78, 5) is 30.6. The van der Waals surface area contributed by atoms with Gasteiger partial charge in [-0.2, -0.15) is 0 Å². The summed E-state index contributed by atoms with van der Waals surface area (Å²) in [5, 5.41) is 3.39. The molecule has 0 bridgehead atoms. The second-order valence-electron chi connectivity index (χ2n) is 7.40.